The molecule has 0 spiro atoms. The molecule has 0 aliphatic carbocycles. The highest BCUT2D eigenvalue weighted by molar-refractivity contribution is 7.89. The molecule has 1 heterocycles. The molecule has 3 atom stereocenters. The number of halogens is 2. The van der Waals surface area contributed by atoms with Crippen molar-refractivity contribution in [3.63, 3.8) is 0 Å². The average Bonchev–Trinajstić information content (AvgIpc) is 2.77. The van der Waals surface area contributed by atoms with Gasteiger partial charge in [0.2, 0.25) is 10.0 Å². The van der Waals surface area contributed by atoms with E-state index in [9.17, 15) is 27.1 Å². The molecule has 0 radical (unpaired) electrons. The summed E-state index contributed by atoms with van der Waals surface area (Å²) in [6.45, 7) is 1.61. The summed E-state index contributed by atoms with van der Waals surface area (Å²) in [6, 6.07) is 7.98. The standard InChI is InChI=1S/C22H27F2N3O5S/c1-14-3-2-4-17(11-14)33(30,31)27-19-8-6-16(32-21(19)13-28)9-10-25-22(29)26-20-12-15(23)5-7-18(20)24/h2-5,7,11-12,16,19,21,27-28H,6,8-10,13H2,1H3,(H2,25,26,29)/t16-,19+,21+/m0/s1. The van der Waals surface area contributed by atoms with Crippen LogP contribution in [0.25, 0.3) is 0 Å². The summed E-state index contributed by atoms with van der Waals surface area (Å²) in [5, 5.41) is 14.5. The Morgan fingerprint density at radius 2 is 1.97 bits per heavy atom. The predicted octanol–water partition coefficient (Wildman–Crippen LogP) is 2.67. The number of urea groups is 1. The van der Waals surface area contributed by atoms with E-state index in [1.807, 2.05) is 0 Å². The third-order valence-electron chi connectivity index (χ3n) is 5.33. The monoisotopic (exact) mass is 483 g/mol. The second-order valence-electron chi connectivity index (χ2n) is 7.89. The number of hydrogen-bond acceptors (Lipinski definition) is 5. The molecule has 11 heteroatoms. The number of carbonyl (C=O) groups is 1. The second-order valence-corrected chi connectivity index (χ2v) is 9.61. The highest BCUT2D eigenvalue weighted by Gasteiger charge is 2.33. The molecule has 8 nitrogen and oxygen atoms in total. The molecule has 2 aromatic rings. The van der Waals surface area contributed by atoms with Gasteiger partial charge in [-0.05, 0) is 56.0 Å². The molecule has 2 aromatic carbocycles. The first-order chi connectivity index (χ1) is 15.7. The molecule has 0 saturated carbocycles. The quantitative estimate of drug-likeness (QED) is 0.461. The van der Waals surface area contributed by atoms with Crippen molar-refractivity contribution < 1.29 is 31.8 Å². The van der Waals surface area contributed by atoms with E-state index in [4.69, 9.17) is 4.74 Å². The van der Waals surface area contributed by atoms with E-state index in [0.29, 0.717) is 19.3 Å². The number of carbonyl (C=O) groups excluding carboxylic acids is 1. The Bertz CT molecular complexity index is 1080. The molecule has 1 fully saturated rings. The van der Waals surface area contributed by atoms with E-state index < -0.39 is 39.8 Å². The van der Waals surface area contributed by atoms with Crippen molar-refractivity contribution in [2.45, 2.75) is 49.3 Å². The zero-order valence-electron chi connectivity index (χ0n) is 18.1. The Morgan fingerprint density at radius 1 is 1.18 bits per heavy atom. The van der Waals surface area contributed by atoms with Crippen LogP contribution in [0.2, 0.25) is 0 Å². The number of rotatable bonds is 8. The summed E-state index contributed by atoms with van der Waals surface area (Å²) in [5.41, 5.74) is 0.540. The van der Waals surface area contributed by atoms with Gasteiger partial charge in [0.05, 0.1) is 35.4 Å². The number of hydrogen-bond donors (Lipinski definition) is 4. The number of aliphatic hydroxyl groups excluding tert-OH is 1. The summed E-state index contributed by atoms with van der Waals surface area (Å²) >= 11 is 0. The first-order valence-electron chi connectivity index (χ1n) is 10.5. The van der Waals surface area contributed by atoms with Gasteiger partial charge in [0.1, 0.15) is 11.6 Å². The normalized spacial score (nSPS) is 20.9. The van der Waals surface area contributed by atoms with Gasteiger partial charge >= 0.3 is 6.03 Å². The van der Waals surface area contributed by atoms with Gasteiger partial charge in [-0.1, -0.05) is 12.1 Å². The Kier molecular flexibility index (Phi) is 8.35. The smallest absolute Gasteiger partial charge is 0.319 e. The Balaban J connectivity index is 1.48. The van der Waals surface area contributed by atoms with Gasteiger partial charge in [-0.2, -0.15) is 0 Å². The molecule has 0 bridgehead atoms. The van der Waals surface area contributed by atoms with Crippen LogP contribution in [-0.4, -0.2) is 51.0 Å². The van der Waals surface area contributed by atoms with Crippen LogP contribution in [0.5, 0.6) is 0 Å². The number of aliphatic hydroxyl groups is 1. The summed E-state index contributed by atoms with van der Waals surface area (Å²) in [7, 11) is -3.77. The third kappa shape index (κ3) is 6.94. The minimum Gasteiger partial charge on any atom is -0.394 e. The van der Waals surface area contributed by atoms with Crippen molar-refractivity contribution in [3.05, 3.63) is 59.7 Å². The molecule has 1 aliphatic rings. The number of amides is 2. The lowest BCUT2D eigenvalue weighted by Gasteiger charge is -2.36. The molecule has 0 aromatic heterocycles. The fourth-order valence-corrected chi connectivity index (χ4v) is 5.04. The minimum atomic E-state index is -3.77. The van der Waals surface area contributed by atoms with Crippen molar-refractivity contribution in [1.29, 1.82) is 0 Å². The molecular formula is C22H27F2N3O5S. The van der Waals surface area contributed by atoms with E-state index in [-0.39, 0.29) is 29.8 Å². The van der Waals surface area contributed by atoms with Crippen molar-refractivity contribution in [2.75, 3.05) is 18.5 Å². The highest BCUT2D eigenvalue weighted by atomic mass is 32.2. The number of anilines is 1. The topological polar surface area (TPSA) is 117 Å². The number of ether oxygens (including phenoxy) is 1. The maximum absolute atomic E-state index is 13.6. The summed E-state index contributed by atoms with van der Waals surface area (Å²) in [6.07, 6.45) is 0.306. The Labute approximate surface area is 191 Å². The fourth-order valence-electron chi connectivity index (χ4n) is 3.64. The Hall–Kier alpha value is -2.60. The number of nitrogens with one attached hydrogen (secondary N) is 3. The zero-order chi connectivity index (χ0) is 24.0. The van der Waals surface area contributed by atoms with Crippen LogP contribution in [0.4, 0.5) is 19.3 Å². The number of benzene rings is 2. The SMILES string of the molecule is Cc1cccc(S(=O)(=O)N[C@@H]2CC[C@@H](CCNC(=O)Nc3cc(F)ccc3F)O[C@@H]2CO)c1. The van der Waals surface area contributed by atoms with Crippen LogP contribution in [0.15, 0.2) is 47.4 Å². The van der Waals surface area contributed by atoms with Gasteiger partial charge in [0, 0.05) is 12.6 Å². The summed E-state index contributed by atoms with van der Waals surface area (Å²) in [5.74, 6) is -1.43. The highest BCUT2D eigenvalue weighted by Crippen LogP contribution is 2.23. The van der Waals surface area contributed by atoms with E-state index in [2.05, 4.69) is 15.4 Å². The predicted molar refractivity (Wildman–Crippen MR) is 118 cm³/mol. The molecule has 3 rings (SSSR count). The van der Waals surface area contributed by atoms with Crippen LogP contribution in [0, 0.1) is 18.6 Å². The van der Waals surface area contributed by atoms with E-state index in [1.54, 1.807) is 25.1 Å². The van der Waals surface area contributed by atoms with Crippen molar-refractivity contribution in [1.82, 2.24) is 10.0 Å². The van der Waals surface area contributed by atoms with Crippen molar-refractivity contribution in [2.24, 2.45) is 0 Å². The number of sulfonamides is 1. The van der Waals surface area contributed by atoms with Crippen LogP contribution in [-0.2, 0) is 14.8 Å². The fraction of sp³-hybridized carbons (Fsp3) is 0.409. The molecule has 33 heavy (non-hydrogen) atoms. The van der Waals surface area contributed by atoms with E-state index >= 15 is 0 Å². The number of aryl methyl sites for hydroxylation is 1. The summed E-state index contributed by atoms with van der Waals surface area (Å²) < 4.78 is 60.6. The van der Waals surface area contributed by atoms with Gasteiger partial charge in [0.15, 0.2) is 0 Å². The van der Waals surface area contributed by atoms with Gasteiger partial charge in [-0.25, -0.2) is 26.7 Å². The summed E-state index contributed by atoms with van der Waals surface area (Å²) in [4.78, 5) is 12.1. The minimum absolute atomic E-state index is 0.145. The van der Waals surface area contributed by atoms with Crippen molar-refractivity contribution in [3.8, 4) is 0 Å². The zero-order valence-corrected chi connectivity index (χ0v) is 18.9. The first kappa shape index (κ1) is 25.0. The van der Waals surface area contributed by atoms with Gasteiger partial charge in [-0.15, -0.1) is 0 Å². The van der Waals surface area contributed by atoms with E-state index in [1.165, 1.54) is 6.07 Å². The molecule has 4 N–H and O–H groups in total. The largest absolute Gasteiger partial charge is 0.394 e. The van der Waals surface area contributed by atoms with Crippen molar-refractivity contribution >= 4 is 21.7 Å². The van der Waals surface area contributed by atoms with Gasteiger partial charge in [-0.3, -0.25) is 0 Å². The van der Waals surface area contributed by atoms with Crippen LogP contribution < -0.4 is 15.4 Å². The molecular weight excluding hydrogens is 456 g/mol. The molecule has 1 aliphatic heterocycles. The van der Waals surface area contributed by atoms with Gasteiger partial charge in [0.25, 0.3) is 0 Å². The lowest BCUT2D eigenvalue weighted by Crippen LogP contribution is -2.51. The lowest BCUT2D eigenvalue weighted by atomic mass is 9.98. The maximum Gasteiger partial charge on any atom is 0.319 e. The van der Waals surface area contributed by atoms with Crippen LogP contribution in [0.1, 0.15) is 24.8 Å². The van der Waals surface area contributed by atoms with Crippen LogP contribution in [0.3, 0.4) is 0 Å². The lowest BCUT2D eigenvalue weighted by molar-refractivity contribution is -0.0871. The average molecular weight is 484 g/mol. The Morgan fingerprint density at radius 3 is 2.70 bits per heavy atom. The molecule has 180 valence electrons. The molecule has 2 amide bonds. The molecule has 1 saturated heterocycles. The van der Waals surface area contributed by atoms with E-state index in [0.717, 1.165) is 23.8 Å². The first-order valence-corrected chi connectivity index (χ1v) is 12.0. The second kappa shape index (κ2) is 11.0. The van der Waals surface area contributed by atoms with Crippen LogP contribution >= 0.6 is 0 Å². The molecule has 0 unspecified atom stereocenters. The third-order valence-corrected chi connectivity index (χ3v) is 6.82. The maximum atomic E-state index is 13.6. The van der Waals surface area contributed by atoms with Gasteiger partial charge < -0.3 is 20.5 Å².